The van der Waals surface area contributed by atoms with Crippen molar-refractivity contribution in [3.8, 4) is 0 Å². The molecule has 0 spiro atoms. The summed E-state index contributed by atoms with van der Waals surface area (Å²) in [4.78, 5) is 38.8. The Labute approximate surface area is 286 Å². The Morgan fingerprint density at radius 1 is 0.457 bits per heavy atom. The minimum Gasteiger partial charge on any atom is -0.465 e. The van der Waals surface area contributed by atoms with Crippen LogP contribution in [0.25, 0.3) is 0 Å². The number of rotatable bonds is 36. The predicted octanol–water partition coefficient (Wildman–Crippen LogP) is 13.2. The quantitative estimate of drug-likeness (QED) is 0.0224. The van der Waals surface area contributed by atoms with E-state index >= 15 is 0 Å². The van der Waals surface area contributed by atoms with Gasteiger partial charge in [0.2, 0.25) is 5.78 Å². The van der Waals surface area contributed by atoms with Crippen LogP contribution in [0.4, 0.5) is 0 Å². The Bertz CT molecular complexity index is 753. The van der Waals surface area contributed by atoms with E-state index in [0.29, 0.717) is 13.0 Å². The van der Waals surface area contributed by atoms with Gasteiger partial charge in [-0.05, 0) is 70.6 Å². The van der Waals surface area contributed by atoms with Gasteiger partial charge >= 0.3 is 5.97 Å². The zero-order valence-electron chi connectivity index (χ0n) is 30.9. The fourth-order valence-corrected chi connectivity index (χ4v) is 5.90. The first kappa shape index (κ1) is 44.3. The van der Waals surface area contributed by atoms with Crippen molar-refractivity contribution >= 4 is 17.5 Å². The van der Waals surface area contributed by atoms with E-state index in [2.05, 4.69) is 45.1 Å². The average Bonchev–Trinajstić information content (AvgIpc) is 3.06. The molecule has 0 saturated carbocycles. The van der Waals surface area contributed by atoms with Gasteiger partial charge in [-0.25, -0.2) is 0 Å². The van der Waals surface area contributed by atoms with Crippen LogP contribution in [0.3, 0.4) is 0 Å². The van der Waals surface area contributed by atoms with Crippen molar-refractivity contribution in [3.63, 3.8) is 0 Å². The van der Waals surface area contributed by atoms with Crippen LogP contribution in [0.1, 0.15) is 213 Å². The SMILES string of the molecule is CCCCCCCC/C=C\CCCCCCC(=O)C(=O)C(CCCCCC/C=C\CCCCCCCC)C(=O)OCCCCCC. The van der Waals surface area contributed by atoms with E-state index < -0.39 is 17.7 Å². The molecular weight excluding hydrogens is 568 g/mol. The molecule has 46 heavy (non-hydrogen) atoms. The van der Waals surface area contributed by atoms with Crippen LogP contribution in [0.15, 0.2) is 24.3 Å². The van der Waals surface area contributed by atoms with Crippen LogP contribution >= 0.6 is 0 Å². The van der Waals surface area contributed by atoms with Crippen LogP contribution in [0.2, 0.25) is 0 Å². The van der Waals surface area contributed by atoms with Gasteiger partial charge in [0.05, 0.1) is 6.61 Å². The standard InChI is InChI=1S/C42H76O4/c1-4-7-10-13-15-17-19-21-23-25-27-29-31-33-36-39(42(45)46-38-35-12-9-6-3)41(44)40(43)37-34-32-30-28-26-24-22-20-18-16-14-11-8-5-2/h21-24,39H,4-20,25-38H2,1-3H3/b23-21-,24-22-. The number of esters is 1. The minimum absolute atomic E-state index is 0.248. The number of hydrogen-bond acceptors (Lipinski definition) is 4. The highest BCUT2D eigenvalue weighted by Crippen LogP contribution is 2.18. The predicted molar refractivity (Wildman–Crippen MR) is 198 cm³/mol. The lowest BCUT2D eigenvalue weighted by Crippen LogP contribution is -2.32. The molecule has 4 nitrogen and oxygen atoms in total. The molecule has 268 valence electrons. The fraction of sp³-hybridized carbons (Fsp3) is 0.833. The second kappa shape index (κ2) is 36.1. The van der Waals surface area contributed by atoms with Gasteiger partial charge in [0, 0.05) is 6.42 Å². The third-order valence-corrected chi connectivity index (χ3v) is 9.04. The summed E-state index contributed by atoms with van der Waals surface area (Å²) in [5.74, 6) is -2.32. The van der Waals surface area contributed by atoms with Crippen LogP contribution in [0, 0.1) is 5.92 Å². The number of carbonyl (C=O) groups is 3. The number of hydrogen-bond donors (Lipinski definition) is 0. The molecule has 0 rings (SSSR count). The molecule has 1 atom stereocenters. The van der Waals surface area contributed by atoms with E-state index in [1.54, 1.807) is 0 Å². The molecular formula is C42H76O4. The monoisotopic (exact) mass is 645 g/mol. The number of ether oxygens (including phenoxy) is 1. The molecule has 0 aromatic carbocycles. The maximum Gasteiger partial charge on any atom is 0.316 e. The molecule has 0 aromatic rings. The fourth-order valence-electron chi connectivity index (χ4n) is 5.90. The summed E-state index contributed by atoms with van der Waals surface area (Å²) in [6.45, 7) is 7.00. The number of unbranched alkanes of at least 4 members (excludes halogenated alkanes) is 23. The first-order valence-electron chi connectivity index (χ1n) is 20.1. The largest absolute Gasteiger partial charge is 0.465 e. The first-order chi connectivity index (χ1) is 22.6. The van der Waals surface area contributed by atoms with Gasteiger partial charge in [0.1, 0.15) is 5.92 Å². The number of ketones is 2. The van der Waals surface area contributed by atoms with Crippen LogP contribution < -0.4 is 0 Å². The normalized spacial score (nSPS) is 12.3. The number of Topliss-reactive ketones (excluding diaryl/α,β-unsaturated/α-hetero) is 2. The van der Waals surface area contributed by atoms with Gasteiger partial charge in [-0.3, -0.25) is 14.4 Å². The van der Waals surface area contributed by atoms with Crippen molar-refractivity contribution in [3.05, 3.63) is 24.3 Å². The van der Waals surface area contributed by atoms with Crippen molar-refractivity contribution in [2.45, 2.75) is 213 Å². The van der Waals surface area contributed by atoms with Gasteiger partial charge in [-0.1, -0.05) is 161 Å². The molecule has 0 bridgehead atoms. The second-order valence-electron chi connectivity index (χ2n) is 13.6. The van der Waals surface area contributed by atoms with Crippen LogP contribution in [0.5, 0.6) is 0 Å². The first-order valence-corrected chi connectivity index (χ1v) is 20.1. The van der Waals surface area contributed by atoms with Gasteiger partial charge < -0.3 is 4.74 Å². The number of carbonyl (C=O) groups excluding carboxylic acids is 3. The van der Waals surface area contributed by atoms with Gasteiger partial charge in [0.25, 0.3) is 0 Å². The average molecular weight is 645 g/mol. The van der Waals surface area contributed by atoms with Crippen molar-refractivity contribution < 1.29 is 19.1 Å². The van der Waals surface area contributed by atoms with Crippen LogP contribution in [-0.2, 0) is 19.1 Å². The maximum absolute atomic E-state index is 13.1. The number of allylic oxidation sites excluding steroid dienone is 4. The zero-order chi connectivity index (χ0) is 33.8. The Hall–Kier alpha value is -1.71. The van der Waals surface area contributed by atoms with Gasteiger partial charge in [-0.15, -0.1) is 0 Å². The summed E-state index contributed by atoms with van der Waals surface area (Å²) in [5, 5.41) is 0. The smallest absolute Gasteiger partial charge is 0.316 e. The third-order valence-electron chi connectivity index (χ3n) is 9.04. The summed E-state index contributed by atoms with van der Waals surface area (Å²) in [6.07, 6.45) is 42.4. The Morgan fingerprint density at radius 2 is 0.826 bits per heavy atom. The molecule has 0 aliphatic heterocycles. The third kappa shape index (κ3) is 29.7. The molecule has 0 radical (unpaired) electrons. The Kier molecular flexibility index (Phi) is 34.8. The lowest BCUT2D eigenvalue weighted by Gasteiger charge is -2.15. The van der Waals surface area contributed by atoms with Crippen molar-refractivity contribution in [1.82, 2.24) is 0 Å². The lowest BCUT2D eigenvalue weighted by molar-refractivity contribution is -0.155. The Morgan fingerprint density at radius 3 is 1.28 bits per heavy atom. The molecule has 4 heteroatoms. The molecule has 0 amide bonds. The maximum atomic E-state index is 13.1. The highest BCUT2D eigenvalue weighted by molar-refractivity contribution is 6.41. The minimum atomic E-state index is -0.923. The molecule has 0 fully saturated rings. The Balaban J connectivity index is 4.29. The van der Waals surface area contributed by atoms with Crippen molar-refractivity contribution in [2.24, 2.45) is 5.92 Å². The van der Waals surface area contributed by atoms with E-state index in [-0.39, 0.29) is 12.2 Å². The van der Waals surface area contributed by atoms with Crippen molar-refractivity contribution in [2.75, 3.05) is 6.61 Å². The van der Waals surface area contributed by atoms with E-state index in [1.165, 1.54) is 89.9 Å². The molecule has 0 heterocycles. The van der Waals surface area contributed by atoms with E-state index in [0.717, 1.165) is 89.9 Å². The summed E-state index contributed by atoms with van der Waals surface area (Å²) < 4.78 is 5.49. The molecule has 0 aliphatic carbocycles. The molecule has 1 unspecified atom stereocenters. The molecule has 0 aromatic heterocycles. The van der Waals surface area contributed by atoms with E-state index in [4.69, 9.17) is 4.74 Å². The molecule has 0 saturated heterocycles. The zero-order valence-corrected chi connectivity index (χ0v) is 30.9. The lowest BCUT2D eigenvalue weighted by atomic mass is 9.92. The van der Waals surface area contributed by atoms with Gasteiger partial charge in [-0.2, -0.15) is 0 Å². The summed E-state index contributed by atoms with van der Waals surface area (Å²) >= 11 is 0. The highest BCUT2D eigenvalue weighted by Gasteiger charge is 2.31. The second-order valence-corrected chi connectivity index (χ2v) is 13.6. The topological polar surface area (TPSA) is 60.4 Å². The summed E-state index contributed by atoms with van der Waals surface area (Å²) in [7, 11) is 0. The van der Waals surface area contributed by atoms with E-state index in [1.807, 2.05) is 0 Å². The summed E-state index contributed by atoms with van der Waals surface area (Å²) in [5.41, 5.74) is 0. The van der Waals surface area contributed by atoms with Crippen LogP contribution in [-0.4, -0.2) is 24.1 Å². The summed E-state index contributed by atoms with van der Waals surface area (Å²) in [6, 6.07) is 0. The highest BCUT2D eigenvalue weighted by atomic mass is 16.5. The molecule has 0 aliphatic rings. The molecule has 0 N–H and O–H groups in total. The van der Waals surface area contributed by atoms with Gasteiger partial charge in [0.15, 0.2) is 5.78 Å². The van der Waals surface area contributed by atoms with E-state index in [9.17, 15) is 14.4 Å². The van der Waals surface area contributed by atoms with Crippen molar-refractivity contribution in [1.29, 1.82) is 0 Å².